The van der Waals surface area contributed by atoms with E-state index < -0.39 is 0 Å². The van der Waals surface area contributed by atoms with Crippen molar-refractivity contribution in [3.8, 4) is 11.6 Å². The molecule has 0 saturated heterocycles. The highest BCUT2D eigenvalue weighted by Gasteiger charge is 2.10. The van der Waals surface area contributed by atoms with Gasteiger partial charge in [-0.15, -0.1) is 11.3 Å². The molecule has 0 saturated carbocycles. The van der Waals surface area contributed by atoms with Crippen LogP contribution >= 0.6 is 11.3 Å². The predicted molar refractivity (Wildman–Crippen MR) is 52.7 cm³/mol. The lowest BCUT2D eigenvalue weighted by Crippen LogP contribution is -1.94. The number of nitrogens with zero attached hydrogens (tertiary/aromatic N) is 3. The van der Waals surface area contributed by atoms with E-state index in [0.29, 0.717) is 24.0 Å². The summed E-state index contributed by atoms with van der Waals surface area (Å²) in [6.07, 6.45) is 0.761. The Morgan fingerprint density at radius 3 is 2.93 bits per heavy atom. The monoisotopic (exact) mass is 210 g/mol. The smallest absolute Gasteiger partial charge is 0.277 e. The molecule has 2 rings (SSSR count). The molecule has 0 aliphatic heterocycles. The second-order valence-electron chi connectivity index (χ2n) is 2.70. The Balaban J connectivity index is 2.29. The highest BCUT2D eigenvalue weighted by atomic mass is 32.1. The van der Waals surface area contributed by atoms with Crippen molar-refractivity contribution in [2.45, 2.75) is 19.9 Å². The standard InChI is InChI=1S/C8H10N4OS/c1-2-6-11-8(13-12-6)5-4-14-7(3-9)10-5/h4H,2-3,9H2,1H3. The molecule has 0 unspecified atom stereocenters. The molecule has 14 heavy (non-hydrogen) atoms. The van der Waals surface area contributed by atoms with Crippen molar-refractivity contribution in [2.24, 2.45) is 5.73 Å². The van der Waals surface area contributed by atoms with Gasteiger partial charge in [-0.2, -0.15) is 4.98 Å². The number of hydrogen-bond acceptors (Lipinski definition) is 6. The first-order valence-electron chi connectivity index (χ1n) is 4.31. The zero-order valence-electron chi connectivity index (χ0n) is 7.73. The van der Waals surface area contributed by atoms with Crippen LogP contribution in [0.3, 0.4) is 0 Å². The Labute approximate surface area is 85.0 Å². The average molecular weight is 210 g/mol. The van der Waals surface area contributed by atoms with E-state index >= 15 is 0 Å². The highest BCUT2D eigenvalue weighted by molar-refractivity contribution is 7.09. The van der Waals surface area contributed by atoms with Crippen LogP contribution in [0.5, 0.6) is 0 Å². The molecule has 5 nitrogen and oxygen atoms in total. The Morgan fingerprint density at radius 1 is 1.50 bits per heavy atom. The van der Waals surface area contributed by atoms with Crippen LogP contribution in [0.1, 0.15) is 17.8 Å². The van der Waals surface area contributed by atoms with Crippen LogP contribution in [-0.4, -0.2) is 15.1 Å². The van der Waals surface area contributed by atoms with Gasteiger partial charge in [-0.25, -0.2) is 4.98 Å². The lowest BCUT2D eigenvalue weighted by Gasteiger charge is -1.84. The van der Waals surface area contributed by atoms with Crippen LogP contribution in [0.15, 0.2) is 9.90 Å². The molecular weight excluding hydrogens is 200 g/mol. The third-order valence-electron chi connectivity index (χ3n) is 1.73. The third-order valence-corrected chi connectivity index (χ3v) is 2.60. The topological polar surface area (TPSA) is 77.8 Å². The number of rotatable bonds is 3. The van der Waals surface area contributed by atoms with E-state index in [1.807, 2.05) is 12.3 Å². The molecule has 0 amide bonds. The summed E-state index contributed by atoms with van der Waals surface area (Å²) in [5.74, 6) is 1.17. The van der Waals surface area contributed by atoms with Crippen molar-refractivity contribution >= 4 is 11.3 Å². The summed E-state index contributed by atoms with van der Waals surface area (Å²) in [6.45, 7) is 2.42. The van der Waals surface area contributed by atoms with Crippen molar-refractivity contribution in [1.29, 1.82) is 0 Å². The summed E-state index contributed by atoms with van der Waals surface area (Å²) < 4.78 is 5.04. The van der Waals surface area contributed by atoms with Crippen LogP contribution in [-0.2, 0) is 13.0 Å². The van der Waals surface area contributed by atoms with Gasteiger partial charge in [0.2, 0.25) is 0 Å². The number of thiazole rings is 1. The van der Waals surface area contributed by atoms with Gasteiger partial charge < -0.3 is 10.3 Å². The third kappa shape index (κ3) is 1.66. The molecule has 0 aliphatic rings. The van der Waals surface area contributed by atoms with Crippen LogP contribution in [0.2, 0.25) is 0 Å². The predicted octanol–water partition coefficient (Wildman–Crippen LogP) is 1.21. The minimum absolute atomic E-state index is 0.444. The van der Waals surface area contributed by atoms with Crippen molar-refractivity contribution in [3.05, 3.63) is 16.2 Å². The Kier molecular flexibility index (Phi) is 2.55. The van der Waals surface area contributed by atoms with Crippen LogP contribution in [0.25, 0.3) is 11.6 Å². The fourth-order valence-electron chi connectivity index (χ4n) is 1.00. The first-order valence-corrected chi connectivity index (χ1v) is 5.19. The van der Waals surface area contributed by atoms with Gasteiger partial charge >= 0.3 is 0 Å². The zero-order valence-corrected chi connectivity index (χ0v) is 8.54. The van der Waals surface area contributed by atoms with Gasteiger partial charge in [0.15, 0.2) is 5.82 Å². The fourth-order valence-corrected chi connectivity index (χ4v) is 1.65. The summed E-state index contributed by atoms with van der Waals surface area (Å²) >= 11 is 1.50. The molecule has 0 atom stereocenters. The molecular formula is C8H10N4OS. The number of aryl methyl sites for hydroxylation is 1. The van der Waals surface area contributed by atoms with E-state index in [1.165, 1.54) is 11.3 Å². The maximum atomic E-state index is 5.45. The van der Waals surface area contributed by atoms with Crippen LogP contribution < -0.4 is 5.73 Å². The quantitative estimate of drug-likeness (QED) is 0.824. The first kappa shape index (κ1) is 9.29. The fraction of sp³-hybridized carbons (Fsp3) is 0.375. The van der Waals surface area contributed by atoms with Gasteiger partial charge in [0.05, 0.1) is 0 Å². The van der Waals surface area contributed by atoms with Gasteiger partial charge in [0.25, 0.3) is 5.89 Å². The minimum Gasteiger partial charge on any atom is -0.332 e. The summed E-state index contributed by atoms with van der Waals surface area (Å²) in [6, 6.07) is 0. The molecule has 0 aromatic carbocycles. The second-order valence-corrected chi connectivity index (χ2v) is 3.64. The lowest BCUT2D eigenvalue weighted by atomic mass is 10.4. The van der Waals surface area contributed by atoms with Crippen molar-refractivity contribution < 1.29 is 4.52 Å². The average Bonchev–Trinajstić information content (AvgIpc) is 2.86. The normalized spacial score (nSPS) is 10.7. The second kappa shape index (κ2) is 3.85. The summed E-state index contributed by atoms with van der Waals surface area (Å²) in [4.78, 5) is 8.42. The van der Waals surface area contributed by atoms with Crippen molar-refractivity contribution in [2.75, 3.05) is 0 Å². The maximum absolute atomic E-state index is 5.45. The van der Waals surface area contributed by atoms with Gasteiger partial charge in [-0.05, 0) is 0 Å². The Morgan fingerprint density at radius 2 is 2.36 bits per heavy atom. The molecule has 0 aliphatic carbocycles. The van der Waals surface area contributed by atoms with Crippen LogP contribution in [0, 0.1) is 0 Å². The number of hydrogen-bond donors (Lipinski definition) is 1. The van der Waals surface area contributed by atoms with Gasteiger partial charge in [-0.1, -0.05) is 12.1 Å². The SMILES string of the molecule is CCc1noc(-c2csc(CN)n2)n1. The van der Waals surface area contributed by atoms with Crippen molar-refractivity contribution in [3.63, 3.8) is 0 Å². The van der Waals surface area contributed by atoms with E-state index in [1.54, 1.807) is 0 Å². The molecule has 0 bridgehead atoms. The number of aromatic nitrogens is 3. The number of nitrogens with two attached hydrogens (primary N) is 1. The van der Waals surface area contributed by atoms with Crippen molar-refractivity contribution in [1.82, 2.24) is 15.1 Å². The summed E-state index contributed by atoms with van der Waals surface area (Å²) in [5.41, 5.74) is 6.16. The van der Waals surface area contributed by atoms with Gasteiger partial charge in [-0.3, -0.25) is 0 Å². The molecule has 2 N–H and O–H groups in total. The zero-order chi connectivity index (χ0) is 9.97. The summed E-state index contributed by atoms with van der Waals surface area (Å²) in [7, 11) is 0. The Hall–Kier alpha value is -1.27. The van der Waals surface area contributed by atoms with Gasteiger partial charge in [0.1, 0.15) is 10.7 Å². The molecule has 0 spiro atoms. The molecule has 2 heterocycles. The Bertz CT molecular complexity index is 382. The molecule has 2 aromatic heterocycles. The summed E-state index contributed by atoms with van der Waals surface area (Å²) in [5, 5.41) is 6.54. The van der Waals surface area contributed by atoms with E-state index in [9.17, 15) is 0 Å². The largest absolute Gasteiger partial charge is 0.332 e. The molecule has 2 aromatic rings. The van der Waals surface area contributed by atoms with E-state index in [0.717, 1.165) is 11.4 Å². The van der Waals surface area contributed by atoms with Crippen LogP contribution in [0.4, 0.5) is 0 Å². The highest BCUT2D eigenvalue weighted by Crippen LogP contribution is 2.19. The molecule has 0 radical (unpaired) electrons. The minimum atomic E-state index is 0.444. The van der Waals surface area contributed by atoms with E-state index in [2.05, 4.69) is 15.1 Å². The van der Waals surface area contributed by atoms with E-state index in [4.69, 9.17) is 10.3 Å². The molecule has 6 heteroatoms. The lowest BCUT2D eigenvalue weighted by molar-refractivity contribution is 0.422. The molecule has 0 fully saturated rings. The molecule has 74 valence electrons. The first-order chi connectivity index (χ1) is 6.83. The van der Waals surface area contributed by atoms with Gasteiger partial charge in [0, 0.05) is 18.3 Å². The van der Waals surface area contributed by atoms with E-state index in [-0.39, 0.29) is 0 Å². The maximum Gasteiger partial charge on any atom is 0.277 e.